The van der Waals surface area contributed by atoms with Crippen molar-refractivity contribution in [2.24, 2.45) is 5.10 Å². The Balaban J connectivity index is 1.84. The van der Waals surface area contributed by atoms with Gasteiger partial charge in [-0.15, -0.1) is 0 Å². The molecule has 0 amide bonds. The summed E-state index contributed by atoms with van der Waals surface area (Å²) in [6.45, 7) is 1.99. The average Bonchev–Trinajstić information content (AvgIpc) is 2.90. The number of nitrogens with zero attached hydrogens (tertiary/aromatic N) is 3. The van der Waals surface area contributed by atoms with Gasteiger partial charge in [0.2, 0.25) is 0 Å². The zero-order chi connectivity index (χ0) is 15.8. The Morgan fingerprint density at radius 2 is 1.83 bits per heavy atom. The van der Waals surface area contributed by atoms with Gasteiger partial charge in [0.05, 0.1) is 17.1 Å². The first kappa shape index (κ1) is 13.5. The van der Waals surface area contributed by atoms with Gasteiger partial charge in [-0.25, -0.2) is 4.98 Å². The van der Waals surface area contributed by atoms with Crippen molar-refractivity contribution in [3.63, 3.8) is 0 Å². The highest BCUT2D eigenvalue weighted by Gasteiger charge is 2.06. The first-order valence-electron chi connectivity index (χ1n) is 7.32. The standard InChI is InChI=1S/C18H14N4O/c1-12-15(13-6-2-5-9-17(13)21-12)10-20-22-11-19-16-8-4-3-7-14(16)18(22)23/h2-11,21H,1H3/b20-10+. The number of hydrogen-bond acceptors (Lipinski definition) is 3. The van der Waals surface area contributed by atoms with E-state index in [1.807, 2.05) is 49.4 Å². The Labute approximate surface area is 131 Å². The number of nitrogens with one attached hydrogen (secondary N) is 1. The number of rotatable bonds is 2. The molecule has 4 aromatic rings. The van der Waals surface area contributed by atoms with E-state index in [1.165, 1.54) is 11.0 Å². The number of aromatic amines is 1. The fourth-order valence-corrected chi connectivity index (χ4v) is 2.73. The molecular formula is C18H14N4O. The molecule has 0 saturated carbocycles. The predicted octanol–water partition coefficient (Wildman–Crippen LogP) is 3.07. The molecule has 23 heavy (non-hydrogen) atoms. The molecule has 2 aromatic heterocycles. The maximum absolute atomic E-state index is 12.4. The quantitative estimate of drug-likeness (QED) is 0.578. The molecule has 0 saturated heterocycles. The summed E-state index contributed by atoms with van der Waals surface area (Å²) in [6.07, 6.45) is 3.15. The summed E-state index contributed by atoms with van der Waals surface area (Å²) in [4.78, 5) is 20.0. The van der Waals surface area contributed by atoms with Gasteiger partial charge < -0.3 is 4.98 Å². The summed E-state index contributed by atoms with van der Waals surface area (Å²) >= 11 is 0. The van der Waals surface area contributed by atoms with Gasteiger partial charge in [0, 0.05) is 22.2 Å². The molecule has 0 aliphatic heterocycles. The van der Waals surface area contributed by atoms with E-state index in [-0.39, 0.29) is 5.56 Å². The topological polar surface area (TPSA) is 63.0 Å². The third kappa shape index (κ3) is 2.23. The highest BCUT2D eigenvalue weighted by molar-refractivity contribution is 6.00. The summed E-state index contributed by atoms with van der Waals surface area (Å²) in [6, 6.07) is 15.3. The first-order chi connectivity index (χ1) is 11.2. The van der Waals surface area contributed by atoms with E-state index >= 15 is 0 Å². The fourth-order valence-electron chi connectivity index (χ4n) is 2.73. The van der Waals surface area contributed by atoms with Crippen molar-refractivity contribution >= 4 is 28.0 Å². The molecular weight excluding hydrogens is 288 g/mol. The Morgan fingerprint density at radius 3 is 2.70 bits per heavy atom. The summed E-state index contributed by atoms with van der Waals surface area (Å²) < 4.78 is 1.27. The third-order valence-corrected chi connectivity index (χ3v) is 3.90. The van der Waals surface area contributed by atoms with Crippen molar-refractivity contribution in [3.05, 3.63) is 76.5 Å². The maximum atomic E-state index is 12.4. The number of H-pyrrole nitrogens is 1. The third-order valence-electron chi connectivity index (χ3n) is 3.90. The lowest BCUT2D eigenvalue weighted by atomic mass is 10.1. The van der Waals surface area contributed by atoms with Crippen LogP contribution in [-0.2, 0) is 0 Å². The Bertz CT molecular complexity index is 1100. The highest BCUT2D eigenvalue weighted by Crippen LogP contribution is 2.19. The van der Waals surface area contributed by atoms with Crippen LogP contribution >= 0.6 is 0 Å². The van der Waals surface area contributed by atoms with E-state index < -0.39 is 0 Å². The van der Waals surface area contributed by atoms with E-state index in [9.17, 15) is 4.79 Å². The molecule has 0 unspecified atom stereocenters. The van der Waals surface area contributed by atoms with Crippen molar-refractivity contribution < 1.29 is 0 Å². The second kappa shape index (κ2) is 5.21. The molecule has 0 aliphatic rings. The van der Waals surface area contributed by atoms with Gasteiger partial charge in [0.15, 0.2) is 0 Å². The number of benzene rings is 2. The lowest BCUT2D eigenvalue weighted by Crippen LogP contribution is -2.17. The molecule has 2 heterocycles. The molecule has 0 bridgehead atoms. The molecule has 0 fully saturated rings. The monoisotopic (exact) mass is 302 g/mol. The minimum absolute atomic E-state index is 0.177. The minimum Gasteiger partial charge on any atom is -0.358 e. The van der Waals surface area contributed by atoms with Gasteiger partial charge in [0.1, 0.15) is 6.33 Å². The number of aromatic nitrogens is 3. The van der Waals surface area contributed by atoms with Crippen molar-refractivity contribution in [1.82, 2.24) is 14.6 Å². The molecule has 0 spiro atoms. The van der Waals surface area contributed by atoms with Crippen LogP contribution in [0, 0.1) is 6.92 Å². The SMILES string of the molecule is Cc1[nH]c2ccccc2c1/C=N/n1cnc2ccccc2c1=O. The van der Waals surface area contributed by atoms with Gasteiger partial charge in [-0.1, -0.05) is 30.3 Å². The highest BCUT2D eigenvalue weighted by atomic mass is 16.1. The predicted molar refractivity (Wildman–Crippen MR) is 92.0 cm³/mol. The molecule has 5 nitrogen and oxygen atoms in total. The molecule has 0 aliphatic carbocycles. The maximum Gasteiger partial charge on any atom is 0.281 e. The number of para-hydroxylation sites is 2. The van der Waals surface area contributed by atoms with Crippen LogP contribution in [0.4, 0.5) is 0 Å². The molecule has 5 heteroatoms. The first-order valence-corrected chi connectivity index (χ1v) is 7.32. The Hall–Kier alpha value is -3.21. The molecule has 2 aromatic carbocycles. The zero-order valence-corrected chi connectivity index (χ0v) is 12.5. The van der Waals surface area contributed by atoms with Crippen LogP contribution in [-0.4, -0.2) is 20.9 Å². The lowest BCUT2D eigenvalue weighted by molar-refractivity contribution is 0.817. The fraction of sp³-hybridized carbons (Fsp3) is 0.0556. The summed E-state index contributed by atoms with van der Waals surface area (Å²) in [7, 11) is 0. The Morgan fingerprint density at radius 1 is 1.09 bits per heavy atom. The smallest absolute Gasteiger partial charge is 0.281 e. The molecule has 1 N–H and O–H groups in total. The minimum atomic E-state index is -0.177. The van der Waals surface area contributed by atoms with Gasteiger partial charge in [0.25, 0.3) is 5.56 Å². The van der Waals surface area contributed by atoms with Gasteiger partial charge in [-0.05, 0) is 25.1 Å². The van der Waals surface area contributed by atoms with Crippen molar-refractivity contribution in [1.29, 1.82) is 0 Å². The number of fused-ring (bicyclic) bond motifs is 2. The average molecular weight is 302 g/mol. The van der Waals surface area contributed by atoms with Crippen LogP contribution in [0.3, 0.4) is 0 Å². The van der Waals surface area contributed by atoms with Crippen LogP contribution in [0.2, 0.25) is 0 Å². The van der Waals surface area contributed by atoms with Crippen LogP contribution in [0.25, 0.3) is 21.8 Å². The summed E-state index contributed by atoms with van der Waals surface area (Å²) in [5, 5.41) is 5.94. The second-order valence-electron chi connectivity index (χ2n) is 5.37. The molecule has 0 radical (unpaired) electrons. The normalized spacial score (nSPS) is 11.7. The number of hydrogen-bond donors (Lipinski definition) is 1. The van der Waals surface area contributed by atoms with E-state index in [0.29, 0.717) is 10.9 Å². The van der Waals surface area contributed by atoms with Gasteiger partial charge in [-0.2, -0.15) is 9.78 Å². The van der Waals surface area contributed by atoms with E-state index in [1.54, 1.807) is 12.3 Å². The van der Waals surface area contributed by atoms with Crippen molar-refractivity contribution in [2.45, 2.75) is 6.92 Å². The van der Waals surface area contributed by atoms with Crippen LogP contribution in [0.1, 0.15) is 11.3 Å². The Kier molecular flexibility index (Phi) is 3.05. The van der Waals surface area contributed by atoms with E-state index in [4.69, 9.17) is 0 Å². The summed E-state index contributed by atoms with van der Waals surface area (Å²) in [5.41, 5.74) is 3.53. The van der Waals surface area contributed by atoms with Crippen LogP contribution < -0.4 is 5.56 Å². The molecule has 112 valence electrons. The van der Waals surface area contributed by atoms with Crippen LogP contribution in [0.5, 0.6) is 0 Å². The van der Waals surface area contributed by atoms with E-state index in [2.05, 4.69) is 15.1 Å². The summed E-state index contributed by atoms with van der Waals surface area (Å²) in [5.74, 6) is 0. The van der Waals surface area contributed by atoms with Gasteiger partial charge >= 0.3 is 0 Å². The van der Waals surface area contributed by atoms with Crippen molar-refractivity contribution in [2.75, 3.05) is 0 Å². The van der Waals surface area contributed by atoms with Crippen LogP contribution in [0.15, 0.2) is 64.8 Å². The second-order valence-corrected chi connectivity index (χ2v) is 5.37. The van der Waals surface area contributed by atoms with E-state index in [0.717, 1.165) is 22.2 Å². The molecule has 4 rings (SSSR count). The van der Waals surface area contributed by atoms with Gasteiger partial charge in [-0.3, -0.25) is 4.79 Å². The largest absolute Gasteiger partial charge is 0.358 e. The zero-order valence-electron chi connectivity index (χ0n) is 12.5. The molecule has 0 atom stereocenters. The number of aryl methyl sites for hydroxylation is 1. The van der Waals surface area contributed by atoms with Crippen molar-refractivity contribution in [3.8, 4) is 0 Å². The lowest BCUT2D eigenvalue weighted by Gasteiger charge is -2.00.